The van der Waals surface area contributed by atoms with E-state index in [4.69, 9.17) is 0 Å². The molecule has 0 saturated carbocycles. The van der Waals surface area contributed by atoms with Gasteiger partial charge in [0.15, 0.2) is 5.96 Å². The van der Waals surface area contributed by atoms with E-state index in [2.05, 4.69) is 27.4 Å². The van der Waals surface area contributed by atoms with Crippen molar-refractivity contribution in [3.63, 3.8) is 0 Å². The maximum atomic E-state index is 9.48. The van der Waals surface area contributed by atoms with Gasteiger partial charge in [-0.2, -0.15) is 0 Å². The molecule has 0 bridgehead atoms. The van der Waals surface area contributed by atoms with Gasteiger partial charge in [-0.15, -0.1) is 0 Å². The summed E-state index contributed by atoms with van der Waals surface area (Å²) in [6.45, 7) is 8.07. The van der Waals surface area contributed by atoms with Gasteiger partial charge in [-0.25, -0.2) is 0 Å². The summed E-state index contributed by atoms with van der Waals surface area (Å²) in [6.07, 6.45) is 4.89. The van der Waals surface area contributed by atoms with E-state index < -0.39 is 0 Å². The van der Waals surface area contributed by atoms with E-state index in [9.17, 15) is 5.11 Å². The second-order valence-electron chi connectivity index (χ2n) is 6.01. The molecule has 1 aromatic carbocycles. The molecule has 1 aliphatic rings. The van der Waals surface area contributed by atoms with Gasteiger partial charge in [0.2, 0.25) is 0 Å². The summed E-state index contributed by atoms with van der Waals surface area (Å²) in [4.78, 5) is 7.16. The number of benzene rings is 1. The number of hydrogen-bond acceptors (Lipinski definition) is 3. The highest BCUT2D eigenvalue weighted by Crippen LogP contribution is 2.10. The third kappa shape index (κ3) is 6.91. The predicted octanol–water partition coefficient (Wildman–Crippen LogP) is 1.98. The number of aromatic hydroxyl groups is 1. The van der Waals surface area contributed by atoms with Gasteiger partial charge in [0, 0.05) is 19.6 Å². The molecule has 5 nitrogen and oxygen atoms in total. The zero-order valence-electron chi connectivity index (χ0n) is 14.2. The molecule has 0 atom stereocenters. The molecule has 0 amide bonds. The number of phenolic OH excluding ortho intramolecular Hbond substituents is 1. The highest BCUT2D eigenvalue weighted by atomic mass is 16.3. The Bertz CT molecular complexity index is 484. The zero-order chi connectivity index (χ0) is 16.3. The molecule has 23 heavy (non-hydrogen) atoms. The molecule has 1 saturated heterocycles. The lowest BCUT2D eigenvalue weighted by Crippen LogP contribution is -2.39. The summed E-state index contributed by atoms with van der Waals surface area (Å²) in [7, 11) is 0. The molecule has 0 spiro atoms. The van der Waals surface area contributed by atoms with Crippen LogP contribution in [0.4, 0.5) is 0 Å². The fourth-order valence-corrected chi connectivity index (χ4v) is 2.87. The molecule has 0 radical (unpaired) electrons. The quantitative estimate of drug-likeness (QED) is 0.531. The van der Waals surface area contributed by atoms with Crippen molar-refractivity contribution in [1.29, 1.82) is 0 Å². The smallest absolute Gasteiger partial charge is 0.191 e. The standard InChI is InChI=1S/C18H30N4O/c1-2-19-18(21-11-14-22-12-4-3-5-13-22)20-10-9-16-7-6-8-17(23)15-16/h6-8,15,23H,2-5,9-14H2,1H3,(H2,19,20,21). The van der Waals surface area contributed by atoms with Crippen LogP contribution in [-0.2, 0) is 6.42 Å². The molecule has 1 aliphatic heterocycles. The van der Waals surface area contributed by atoms with Gasteiger partial charge in [-0.05, 0) is 57.0 Å². The molecular weight excluding hydrogens is 288 g/mol. The lowest BCUT2D eigenvalue weighted by Gasteiger charge is -2.25. The average Bonchev–Trinajstić information content (AvgIpc) is 2.56. The van der Waals surface area contributed by atoms with Crippen LogP contribution in [0.3, 0.4) is 0 Å². The van der Waals surface area contributed by atoms with Crippen LogP contribution < -0.4 is 10.6 Å². The van der Waals surface area contributed by atoms with Crippen molar-refractivity contribution >= 4 is 5.96 Å². The monoisotopic (exact) mass is 318 g/mol. The van der Waals surface area contributed by atoms with E-state index >= 15 is 0 Å². The van der Waals surface area contributed by atoms with E-state index in [-0.39, 0.29) is 0 Å². The van der Waals surface area contributed by atoms with Crippen molar-refractivity contribution in [2.24, 2.45) is 4.99 Å². The van der Waals surface area contributed by atoms with Crippen molar-refractivity contribution in [3.8, 4) is 5.75 Å². The Labute approximate surface area is 139 Å². The van der Waals surface area contributed by atoms with Crippen LogP contribution in [0.2, 0.25) is 0 Å². The summed E-state index contributed by atoms with van der Waals surface area (Å²) in [5.41, 5.74) is 1.13. The van der Waals surface area contributed by atoms with Gasteiger partial charge >= 0.3 is 0 Å². The van der Waals surface area contributed by atoms with Crippen LogP contribution in [0.1, 0.15) is 31.7 Å². The summed E-state index contributed by atoms with van der Waals surface area (Å²) in [6, 6.07) is 7.41. The fraction of sp³-hybridized carbons (Fsp3) is 0.611. The number of rotatable bonds is 7. The lowest BCUT2D eigenvalue weighted by molar-refractivity contribution is 0.235. The van der Waals surface area contributed by atoms with Crippen molar-refractivity contribution in [2.75, 3.05) is 39.3 Å². The molecule has 5 heteroatoms. The Balaban J connectivity index is 1.72. The number of nitrogens with one attached hydrogen (secondary N) is 2. The second-order valence-corrected chi connectivity index (χ2v) is 6.01. The maximum Gasteiger partial charge on any atom is 0.191 e. The zero-order valence-corrected chi connectivity index (χ0v) is 14.2. The van der Waals surface area contributed by atoms with Crippen LogP contribution in [-0.4, -0.2) is 55.2 Å². The van der Waals surface area contributed by atoms with Crippen molar-refractivity contribution in [3.05, 3.63) is 29.8 Å². The first-order valence-corrected chi connectivity index (χ1v) is 8.80. The van der Waals surface area contributed by atoms with Gasteiger partial charge in [0.05, 0.1) is 6.54 Å². The van der Waals surface area contributed by atoms with E-state index in [1.807, 2.05) is 18.2 Å². The SMILES string of the molecule is CCNC(=NCCN1CCCCC1)NCCc1cccc(O)c1. The minimum absolute atomic E-state index is 0.324. The Morgan fingerprint density at radius 2 is 2.04 bits per heavy atom. The highest BCUT2D eigenvalue weighted by Gasteiger charge is 2.08. The second kappa shape index (κ2) is 10.1. The van der Waals surface area contributed by atoms with Gasteiger partial charge in [0.25, 0.3) is 0 Å². The van der Waals surface area contributed by atoms with Gasteiger partial charge in [-0.1, -0.05) is 18.6 Å². The molecule has 128 valence electrons. The number of piperidine rings is 1. The molecule has 3 N–H and O–H groups in total. The van der Waals surface area contributed by atoms with Gasteiger partial charge < -0.3 is 20.6 Å². The Kier molecular flexibility index (Phi) is 7.73. The number of nitrogens with zero attached hydrogens (tertiary/aromatic N) is 2. The number of aliphatic imine (C=N–C) groups is 1. The largest absolute Gasteiger partial charge is 0.508 e. The molecule has 1 heterocycles. The lowest BCUT2D eigenvalue weighted by atomic mass is 10.1. The van der Waals surface area contributed by atoms with Crippen LogP contribution in [0.15, 0.2) is 29.3 Å². The number of likely N-dealkylation sites (tertiary alicyclic amines) is 1. The third-order valence-corrected chi connectivity index (χ3v) is 4.10. The van der Waals surface area contributed by atoms with Crippen molar-refractivity contribution < 1.29 is 5.11 Å². The van der Waals surface area contributed by atoms with E-state index in [0.717, 1.165) is 44.1 Å². The van der Waals surface area contributed by atoms with Crippen molar-refractivity contribution in [1.82, 2.24) is 15.5 Å². The molecule has 0 aliphatic carbocycles. The normalized spacial score (nSPS) is 16.3. The van der Waals surface area contributed by atoms with Crippen molar-refractivity contribution in [2.45, 2.75) is 32.6 Å². The predicted molar refractivity (Wildman–Crippen MR) is 96.1 cm³/mol. The highest BCUT2D eigenvalue weighted by molar-refractivity contribution is 5.79. The average molecular weight is 318 g/mol. The summed E-state index contributed by atoms with van der Waals surface area (Å²) >= 11 is 0. The Morgan fingerprint density at radius 3 is 2.78 bits per heavy atom. The molecule has 1 aromatic rings. The van der Waals surface area contributed by atoms with Crippen LogP contribution in [0.25, 0.3) is 0 Å². The first-order valence-electron chi connectivity index (χ1n) is 8.80. The molecular formula is C18H30N4O. The molecule has 1 fully saturated rings. The first-order chi connectivity index (χ1) is 11.3. The van der Waals surface area contributed by atoms with Crippen LogP contribution >= 0.6 is 0 Å². The van der Waals surface area contributed by atoms with E-state index in [0.29, 0.717) is 5.75 Å². The summed E-state index contributed by atoms with van der Waals surface area (Å²) < 4.78 is 0. The minimum atomic E-state index is 0.324. The topological polar surface area (TPSA) is 59.9 Å². The third-order valence-electron chi connectivity index (χ3n) is 4.10. The van der Waals surface area contributed by atoms with Gasteiger partial charge in [-0.3, -0.25) is 4.99 Å². The summed E-state index contributed by atoms with van der Waals surface area (Å²) in [5.74, 6) is 1.20. The van der Waals surface area contributed by atoms with E-state index in [1.54, 1.807) is 6.07 Å². The van der Waals surface area contributed by atoms with Gasteiger partial charge in [0.1, 0.15) is 5.75 Å². The van der Waals surface area contributed by atoms with Crippen LogP contribution in [0, 0.1) is 0 Å². The maximum absolute atomic E-state index is 9.48. The number of phenols is 1. The molecule has 2 rings (SSSR count). The number of guanidine groups is 1. The minimum Gasteiger partial charge on any atom is -0.508 e. The fourth-order valence-electron chi connectivity index (χ4n) is 2.87. The number of hydrogen-bond donors (Lipinski definition) is 3. The first kappa shape index (κ1) is 17.6. The molecule has 0 aromatic heterocycles. The van der Waals surface area contributed by atoms with E-state index in [1.165, 1.54) is 32.4 Å². The molecule has 0 unspecified atom stereocenters. The Morgan fingerprint density at radius 1 is 1.22 bits per heavy atom. The Hall–Kier alpha value is -1.75. The van der Waals surface area contributed by atoms with Crippen LogP contribution in [0.5, 0.6) is 5.75 Å². The summed E-state index contributed by atoms with van der Waals surface area (Å²) in [5, 5.41) is 16.1.